The molecule has 2 rings (SSSR count). The molecule has 0 aliphatic rings. The number of hydrogen-bond donors (Lipinski definition) is 4. The van der Waals surface area contributed by atoms with E-state index in [-0.39, 0.29) is 18.1 Å². The van der Waals surface area contributed by atoms with Crippen molar-refractivity contribution in [1.82, 2.24) is 19.9 Å². The maximum absolute atomic E-state index is 11.1. The van der Waals surface area contributed by atoms with Crippen molar-refractivity contribution in [2.75, 3.05) is 12.3 Å². The SMILES string of the molecule is NC(=O)c1cnc2c(c1)nc(N)n2CC=CCNC(=O)O. The molecule has 0 spiro atoms. The molecule has 0 fully saturated rings. The first-order valence-electron chi connectivity index (χ1n) is 6.02. The molecule has 2 amide bonds. The van der Waals surface area contributed by atoms with Crippen molar-refractivity contribution >= 4 is 29.1 Å². The van der Waals surface area contributed by atoms with Gasteiger partial charge in [0.1, 0.15) is 5.52 Å². The van der Waals surface area contributed by atoms with Gasteiger partial charge in [-0.05, 0) is 6.07 Å². The van der Waals surface area contributed by atoms with Crippen LogP contribution in [-0.4, -0.2) is 38.2 Å². The highest BCUT2D eigenvalue weighted by atomic mass is 16.4. The van der Waals surface area contributed by atoms with Crippen molar-refractivity contribution in [3.8, 4) is 0 Å². The molecule has 0 bridgehead atoms. The fourth-order valence-corrected chi connectivity index (χ4v) is 1.75. The van der Waals surface area contributed by atoms with E-state index in [1.165, 1.54) is 12.3 Å². The number of carbonyl (C=O) groups is 2. The zero-order valence-electron chi connectivity index (χ0n) is 11.0. The zero-order valence-corrected chi connectivity index (χ0v) is 11.0. The second-order valence-electron chi connectivity index (χ2n) is 4.17. The molecule has 2 heterocycles. The molecule has 0 saturated carbocycles. The number of fused-ring (bicyclic) bond motifs is 1. The normalized spacial score (nSPS) is 11.0. The molecule has 0 aromatic carbocycles. The molecule has 110 valence electrons. The molecular weight excluding hydrogens is 276 g/mol. The molecule has 0 atom stereocenters. The van der Waals surface area contributed by atoms with E-state index in [0.29, 0.717) is 17.7 Å². The number of rotatable bonds is 5. The minimum atomic E-state index is -1.09. The van der Waals surface area contributed by atoms with Gasteiger partial charge < -0.3 is 21.9 Å². The van der Waals surface area contributed by atoms with Crippen LogP contribution < -0.4 is 16.8 Å². The Morgan fingerprint density at radius 2 is 2.19 bits per heavy atom. The van der Waals surface area contributed by atoms with Crippen LogP contribution in [0.2, 0.25) is 0 Å². The Kier molecular flexibility index (Phi) is 4.02. The lowest BCUT2D eigenvalue weighted by molar-refractivity contribution is 0.1000. The Labute approximate surface area is 119 Å². The number of nitrogens with zero attached hydrogens (tertiary/aromatic N) is 3. The first kappa shape index (κ1) is 14.3. The maximum atomic E-state index is 11.1. The number of pyridine rings is 1. The number of nitrogens with two attached hydrogens (primary N) is 2. The van der Waals surface area contributed by atoms with Gasteiger partial charge in [-0.25, -0.2) is 14.8 Å². The number of nitrogen functional groups attached to an aromatic ring is 1. The fraction of sp³-hybridized carbons (Fsp3) is 0.167. The number of aromatic nitrogens is 3. The van der Waals surface area contributed by atoms with Gasteiger partial charge in [0.25, 0.3) is 0 Å². The molecule has 9 heteroatoms. The van der Waals surface area contributed by atoms with Gasteiger partial charge in [-0.2, -0.15) is 0 Å². The highest BCUT2D eigenvalue weighted by molar-refractivity contribution is 5.95. The van der Waals surface area contributed by atoms with Crippen LogP contribution in [0, 0.1) is 0 Å². The average molecular weight is 290 g/mol. The van der Waals surface area contributed by atoms with Crippen LogP contribution in [0.5, 0.6) is 0 Å². The summed E-state index contributed by atoms with van der Waals surface area (Å²) in [4.78, 5) is 29.6. The van der Waals surface area contributed by atoms with Gasteiger partial charge in [-0.1, -0.05) is 12.2 Å². The monoisotopic (exact) mass is 290 g/mol. The van der Waals surface area contributed by atoms with E-state index in [4.69, 9.17) is 16.6 Å². The lowest BCUT2D eigenvalue weighted by Crippen LogP contribution is -2.20. The van der Waals surface area contributed by atoms with Crippen molar-refractivity contribution < 1.29 is 14.7 Å². The van der Waals surface area contributed by atoms with Crippen molar-refractivity contribution in [1.29, 1.82) is 0 Å². The van der Waals surface area contributed by atoms with E-state index in [1.54, 1.807) is 16.7 Å². The number of anilines is 1. The summed E-state index contributed by atoms with van der Waals surface area (Å²) in [5.41, 5.74) is 12.2. The molecule has 0 aliphatic carbocycles. The summed E-state index contributed by atoms with van der Waals surface area (Å²) in [6, 6.07) is 1.52. The van der Waals surface area contributed by atoms with Crippen molar-refractivity contribution in [2.45, 2.75) is 6.54 Å². The van der Waals surface area contributed by atoms with Crippen LogP contribution in [0.1, 0.15) is 10.4 Å². The molecule has 0 unspecified atom stereocenters. The van der Waals surface area contributed by atoms with Gasteiger partial charge >= 0.3 is 6.09 Å². The van der Waals surface area contributed by atoms with Gasteiger partial charge in [0.05, 0.1) is 5.56 Å². The maximum Gasteiger partial charge on any atom is 0.404 e. The number of primary amides is 1. The number of allylic oxidation sites excluding steroid dienone is 1. The Morgan fingerprint density at radius 3 is 2.86 bits per heavy atom. The van der Waals surface area contributed by atoms with Gasteiger partial charge in [0.2, 0.25) is 11.9 Å². The second-order valence-corrected chi connectivity index (χ2v) is 4.17. The molecule has 9 nitrogen and oxygen atoms in total. The predicted octanol–water partition coefficient (Wildman–Crippen LogP) is -0.0638. The molecule has 2 aromatic heterocycles. The summed E-state index contributed by atoms with van der Waals surface area (Å²) < 4.78 is 1.64. The summed E-state index contributed by atoms with van der Waals surface area (Å²) in [6.07, 6.45) is 3.65. The predicted molar refractivity (Wildman–Crippen MR) is 75.6 cm³/mol. The van der Waals surface area contributed by atoms with Crippen molar-refractivity contribution in [2.24, 2.45) is 5.73 Å². The number of carboxylic acid groups (broad SMARTS) is 1. The minimum Gasteiger partial charge on any atom is -0.465 e. The highest BCUT2D eigenvalue weighted by Gasteiger charge is 2.10. The summed E-state index contributed by atoms with van der Waals surface area (Å²) in [7, 11) is 0. The molecule has 21 heavy (non-hydrogen) atoms. The Balaban J connectivity index is 2.18. The van der Waals surface area contributed by atoms with Crippen LogP contribution >= 0.6 is 0 Å². The molecule has 0 saturated heterocycles. The van der Waals surface area contributed by atoms with E-state index in [0.717, 1.165) is 0 Å². The number of amides is 2. The summed E-state index contributed by atoms with van der Waals surface area (Å²) in [5.74, 6) is -0.341. The number of carbonyl (C=O) groups excluding carboxylic acids is 1. The van der Waals surface area contributed by atoms with Crippen LogP contribution in [0.4, 0.5) is 10.7 Å². The third-order valence-electron chi connectivity index (χ3n) is 2.72. The Morgan fingerprint density at radius 1 is 1.43 bits per heavy atom. The molecular formula is C12H14N6O3. The molecule has 2 aromatic rings. The number of nitrogens with one attached hydrogen (secondary N) is 1. The van der Waals surface area contributed by atoms with Crippen molar-refractivity contribution in [3.63, 3.8) is 0 Å². The third-order valence-corrected chi connectivity index (χ3v) is 2.72. The summed E-state index contributed by atoms with van der Waals surface area (Å²) >= 11 is 0. The molecule has 6 N–H and O–H groups in total. The second kappa shape index (κ2) is 5.90. The van der Waals surface area contributed by atoms with E-state index in [9.17, 15) is 9.59 Å². The number of hydrogen-bond acceptors (Lipinski definition) is 5. The van der Waals surface area contributed by atoms with Crippen LogP contribution in [0.25, 0.3) is 11.2 Å². The fourth-order valence-electron chi connectivity index (χ4n) is 1.75. The minimum absolute atomic E-state index is 0.196. The van der Waals surface area contributed by atoms with E-state index < -0.39 is 12.0 Å². The zero-order chi connectivity index (χ0) is 15.4. The molecule has 0 aliphatic heterocycles. The van der Waals surface area contributed by atoms with E-state index in [2.05, 4.69) is 15.3 Å². The smallest absolute Gasteiger partial charge is 0.404 e. The topological polar surface area (TPSA) is 149 Å². The first-order chi connectivity index (χ1) is 9.99. The van der Waals surface area contributed by atoms with Crippen LogP contribution in [-0.2, 0) is 6.54 Å². The Bertz CT molecular complexity index is 721. The lowest BCUT2D eigenvalue weighted by Gasteiger charge is -2.02. The van der Waals surface area contributed by atoms with E-state index >= 15 is 0 Å². The standard InChI is InChI=1S/C12H14N6O3/c13-9(19)7-5-8-10(16-6-7)18(11(14)17-8)4-2-1-3-15-12(20)21/h1-2,5-6,15H,3-4H2,(H2,13,19)(H2,14,17)(H,20,21). The van der Waals surface area contributed by atoms with E-state index in [1.807, 2.05) is 0 Å². The number of imidazole rings is 1. The van der Waals surface area contributed by atoms with Crippen molar-refractivity contribution in [3.05, 3.63) is 30.0 Å². The quantitative estimate of drug-likeness (QED) is 0.566. The first-order valence-corrected chi connectivity index (χ1v) is 6.02. The third kappa shape index (κ3) is 3.26. The van der Waals surface area contributed by atoms with Gasteiger partial charge in [0, 0.05) is 19.3 Å². The Hall–Kier alpha value is -3.10. The van der Waals surface area contributed by atoms with Crippen LogP contribution in [0.3, 0.4) is 0 Å². The summed E-state index contributed by atoms with van der Waals surface area (Å²) in [5, 5.41) is 10.6. The lowest BCUT2D eigenvalue weighted by atomic mass is 10.2. The largest absolute Gasteiger partial charge is 0.465 e. The highest BCUT2D eigenvalue weighted by Crippen LogP contribution is 2.16. The average Bonchev–Trinajstić information content (AvgIpc) is 2.73. The summed E-state index contributed by atoms with van der Waals surface area (Å²) in [6.45, 7) is 0.577. The van der Waals surface area contributed by atoms with Gasteiger partial charge in [-0.15, -0.1) is 0 Å². The molecule has 0 radical (unpaired) electrons. The van der Waals surface area contributed by atoms with Crippen LogP contribution in [0.15, 0.2) is 24.4 Å². The van der Waals surface area contributed by atoms with Gasteiger partial charge in [-0.3, -0.25) is 9.36 Å². The van der Waals surface area contributed by atoms with Gasteiger partial charge in [0.15, 0.2) is 5.65 Å².